The molecule has 100 valence electrons. The third-order valence-electron chi connectivity index (χ3n) is 3.88. The van der Waals surface area contributed by atoms with E-state index in [-0.39, 0.29) is 0 Å². The van der Waals surface area contributed by atoms with E-state index >= 15 is 0 Å². The van der Waals surface area contributed by atoms with E-state index in [2.05, 4.69) is 27.2 Å². The molecule has 1 aliphatic carbocycles. The summed E-state index contributed by atoms with van der Waals surface area (Å²) in [5.74, 6) is 0.907. The molecule has 0 amide bonds. The number of nitrogen functional groups attached to an aromatic ring is 1. The lowest BCUT2D eigenvalue weighted by Crippen LogP contribution is -2.06. The highest BCUT2D eigenvalue weighted by Gasteiger charge is 2.26. The SMILES string of the molecule is Nc1onc(C2CCCCC2)c1-c1ccccc1Br. The van der Waals surface area contributed by atoms with Crippen LogP contribution < -0.4 is 5.73 Å². The molecule has 1 aromatic carbocycles. The predicted octanol–water partition coefficient (Wildman–Crippen LogP) is 4.73. The summed E-state index contributed by atoms with van der Waals surface area (Å²) in [4.78, 5) is 0. The van der Waals surface area contributed by atoms with Gasteiger partial charge in [-0.3, -0.25) is 0 Å². The average molecular weight is 321 g/mol. The maximum absolute atomic E-state index is 6.00. The number of nitrogens with zero attached hydrogens (tertiary/aromatic N) is 1. The molecule has 1 aromatic heterocycles. The van der Waals surface area contributed by atoms with Gasteiger partial charge in [0.05, 0.1) is 11.3 Å². The summed E-state index contributed by atoms with van der Waals surface area (Å²) in [5.41, 5.74) is 9.07. The van der Waals surface area contributed by atoms with Crippen LogP contribution in [-0.2, 0) is 0 Å². The molecule has 0 atom stereocenters. The van der Waals surface area contributed by atoms with Crippen molar-refractivity contribution < 1.29 is 4.52 Å². The second-order valence-corrected chi connectivity index (χ2v) is 5.98. The number of anilines is 1. The highest BCUT2D eigenvalue weighted by atomic mass is 79.9. The quantitative estimate of drug-likeness (QED) is 0.869. The van der Waals surface area contributed by atoms with Crippen molar-refractivity contribution in [3.05, 3.63) is 34.4 Å². The zero-order valence-electron chi connectivity index (χ0n) is 10.7. The Hall–Kier alpha value is -1.29. The number of hydrogen-bond donors (Lipinski definition) is 1. The van der Waals surface area contributed by atoms with Crippen molar-refractivity contribution in [1.29, 1.82) is 0 Å². The average Bonchev–Trinajstić information content (AvgIpc) is 2.82. The number of hydrogen-bond acceptors (Lipinski definition) is 3. The van der Waals surface area contributed by atoms with Crippen LogP contribution in [-0.4, -0.2) is 5.16 Å². The van der Waals surface area contributed by atoms with Crippen LogP contribution in [0.3, 0.4) is 0 Å². The van der Waals surface area contributed by atoms with E-state index in [9.17, 15) is 0 Å². The number of rotatable bonds is 2. The van der Waals surface area contributed by atoms with Gasteiger partial charge in [0.15, 0.2) is 0 Å². The van der Waals surface area contributed by atoms with Crippen molar-refractivity contribution >= 4 is 21.8 Å². The van der Waals surface area contributed by atoms with Crippen LogP contribution in [0, 0.1) is 0 Å². The number of nitrogens with two attached hydrogens (primary N) is 1. The van der Waals surface area contributed by atoms with Crippen molar-refractivity contribution in [3.8, 4) is 11.1 Å². The Bertz CT molecular complexity index is 573. The van der Waals surface area contributed by atoms with Crippen LogP contribution in [0.25, 0.3) is 11.1 Å². The summed E-state index contributed by atoms with van der Waals surface area (Å²) in [7, 11) is 0. The molecular formula is C15H17BrN2O. The first kappa shape index (κ1) is 12.7. The third kappa shape index (κ3) is 2.41. The lowest BCUT2D eigenvalue weighted by Gasteiger charge is -2.20. The van der Waals surface area contributed by atoms with E-state index < -0.39 is 0 Å². The molecule has 0 spiro atoms. The van der Waals surface area contributed by atoms with E-state index in [0.717, 1.165) is 21.3 Å². The van der Waals surface area contributed by atoms with Gasteiger partial charge in [0.2, 0.25) is 5.88 Å². The van der Waals surface area contributed by atoms with Gasteiger partial charge in [0.25, 0.3) is 0 Å². The first-order valence-electron chi connectivity index (χ1n) is 6.77. The highest BCUT2D eigenvalue weighted by Crippen LogP contribution is 2.42. The minimum atomic E-state index is 0.424. The van der Waals surface area contributed by atoms with Gasteiger partial charge in [-0.1, -0.05) is 58.5 Å². The first-order chi connectivity index (χ1) is 9.27. The number of aromatic nitrogens is 1. The molecule has 0 unspecified atom stereocenters. The van der Waals surface area contributed by atoms with Crippen molar-refractivity contribution in [2.45, 2.75) is 38.0 Å². The van der Waals surface area contributed by atoms with Crippen LogP contribution in [0.1, 0.15) is 43.7 Å². The molecule has 1 aliphatic rings. The standard InChI is InChI=1S/C15H17BrN2O/c16-12-9-5-4-8-11(12)13-14(18-19-15(13)17)10-6-2-1-3-7-10/h4-5,8-10H,1-3,6-7,17H2. The minimum Gasteiger partial charge on any atom is -0.367 e. The smallest absolute Gasteiger partial charge is 0.230 e. The molecule has 2 aromatic rings. The Kier molecular flexibility index (Phi) is 3.60. The Morgan fingerprint density at radius 1 is 1.16 bits per heavy atom. The van der Waals surface area contributed by atoms with E-state index in [4.69, 9.17) is 10.3 Å². The van der Waals surface area contributed by atoms with E-state index in [0.29, 0.717) is 11.8 Å². The molecule has 4 heteroatoms. The Morgan fingerprint density at radius 2 is 1.89 bits per heavy atom. The maximum atomic E-state index is 6.00. The Balaban J connectivity index is 2.06. The van der Waals surface area contributed by atoms with Crippen LogP contribution in [0.15, 0.2) is 33.3 Å². The fourth-order valence-corrected chi connectivity index (χ4v) is 3.39. The highest BCUT2D eigenvalue weighted by molar-refractivity contribution is 9.10. The monoisotopic (exact) mass is 320 g/mol. The van der Waals surface area contributed by atoms with Gasteiger partial charge in [0, 0.05) is 16.0 Å². The fraction of sp³-hybridized carbons (Fsp3) is 0.400. The van der Waals surface area contributed by atoms with Crippen molar-refractivity contribution in [2.75, 3.05) is 5.73 Å². The van der Waals surface area contributed by atoms with Gasteiger partial charge in [-0.15, -0.1) is 0 Å². The normalized spacial score (nSPS) is 16.7. The summed E-state index contributed by atoms with van der Waals surface area (Å²) in [6.45, 7) is 0. The Morgan fingerprint density at radius 3 is 2.63 bits per heavy atom. The molecule has 3 nitrogen and oxygen atoms in total. The molecule has 1 fully saturated rings. The lowest BCUT2D eigenvalue weighted by molar-refractivity contribution is 0.388. The van der Waals surface area contributed by atoms with Crippen LogP contribution in [0.5, 0.6) is 0 Å². The summed E-state index contributed by atoms with van der Waals surface area (Å²) in [5, 5.41) is 4.24. The molecule has 0 radical (unpaired) electrons. The Labute approximate surface area is 121 Å². The molecule has 1 saturated carbocycles. The molecule has 0 bridgehead atoms. The zero-order valence-corrected chi connectivity index (χ0v) is 12.3. The first-order valence-corrected chi connectivity index (χ1v) is 7.56. The van der Waals surface area contributed by atoms with Crippen LogP contribution in [0.2, 0.25) is 0 Å². The van der Waals surface area contributed by atoms with Gasteiger partial charge >= 0.3 is 0 Å². The molecule has 2 N–H and O–H groups in total. The minimum absolute atomic E-state index is 0.424. The van der Waals surface area contributed by atoms with Gasteiger partial charge in [-0.25, -0.2) is 0 Å². The summed E-state index contributed by atoms with van der Waals surface area (Å²) < 4.78 is 6.29. The largest absolute Gasteiger partial charge is 0.367 e. The lowest BCUT2D eigenvalue weighted by atomic mass is 9.84. The number of halogens is 1. The fourth-order valence-electron chi connectivity index (χ4n) is 2.91. The third-order valence-corrected chi connectivity index (χ3v) is 4.57. The summed E-state index contributed by atoms with van der Waals surface area (Å²) >= 11 is 3.59. The molecule has 0 saturated heterocycles. The van der Waals surface area contributed by atoms with Crippen molar-refractivity contribution in [1.82, 2.24) is 5.16 Å². The topological polar surface area (TPSA) is 52.0 Å². The summed E-state index contributed by atoms with van der Waals surface area (Å²) in [6.07, 6.45) is 6.24. The van der Waals surface area contributed by atoms with Gasteiger partial charge < -0.3 is 10.3 Å². The second kappa shape index (κ2) is 5.37. The zero-order chi connectivity index (χ0) is 13.2. The van der Waals surface area contributed by atoms with E-state index in [1.807, 2.05) is 18.2 Å². The van der Waals surface area contributed by atoms with Crippen molar-refractivity contribution in [3.63, 3.8) is 0 Å². The van der Waals surface area contributed by atoms with Crippen LogP contribution in [0.4, 0.5) is 5.88 Å². The molecule has 0 aliphatic heterocycles. The molecular weight excluding hydrogens is 304 g/mol. The van der Waals surface area contributed by atoms with Gasteiger partial charge in [0.1, 0.15) is 0 Å². The van der Waals surface area contributed by atoms with Gasteiger partial charge in [-0.05, 0) is 18.9 Å². The molecule has 19 heavy (non-hydrogen) atoms. The van der Waals surface area contributed by atoms with E-state index in [1.165, 1.54) is 32.1 Å². The predicted molar refractivity (Wildman–Crippen MR) is 79.9 cm³/mol. The number of benzene rings is 1. The molecule has 3 rings (SSSR count). The molecule has 1 heterocycles. The van der Waals surface area contributed by atoms with E-state index in [1.54, 1.807) is 0 Å². The van der Waals surface area contributed by atoms with Gasteiger partial charge in [-0.2, -0.15) is 0 Å². The second-order valence-electron chi connectivity index (χ2n) is 5.12. The van der Waals surface area contributed by atoms with Crippen LogP contribution >= 0.6 is 15.9 Å². The summed E-state index contributed by atoms with van der Waals surface area (Å²) in [6, 6.07) is 8.08. The maximum Gasteiger partial charge on any atom is 0.230 e. The van der Waals surface area contributed by atoms with Crippen molar-refractivity contribution in [2.24, 2.45) is 0 Å².